The van der Waals surface area contributed by atoms with Crippen molar-refractivity contribution in [2.75, 3.05) is 11.6 Å². The molecule has 22 heavy (non-hydrogen) atoms. The Hall–Kier alpha value is -1.15. The number of carbonyl (C=O) groups excluding carboxylic acids is 1. The molecule has 0 aliphatic heterocycles. The molecule has 1 amide bonds. The summed E-state index contributed by atoms with van der Waals surface area (Å²) in [7, 11) is -3.36. The molecular weight excluding hydrogens is 410 g/mol. The molecule has 0 bridgehead atoms. The number of halogens is 2. The van der Waals surface area contributed by atoms with Gasteiger partial charge in [-0.05, 0) is 52.3 Å². The van der Waals surface area contributed by atoms with E-state index in [-0.39, 0.29) is 15.6 Å². The first kappa shape index (κ1) is 17.2. The zero-order chi connectivity index (χ0) is 16.3. The van der Waals surface area contributed by atoms with Gasteiger partial charge in [0.05, 0.1) is 19.4 Å². The molecule has 1 aromatic heterocycles. The minimum absolute atomic E-state index is 0.0957. The smallest absolute Gasteiger partial charge is 0.248 e. The summed E-state index contributed by atoms with van der Waals surface area (Å²) in [5.74, 6) is -0.392. The molecule has 0 saturated heterocycles. The molecular formula is C14H11BrClNO3S2. The Balaban J connectivity index is 2.16. The molecule has 0 spiro atoms. The van der Waals surface area contributed by atoms with Gasteiger partial charge in [0.2, 0.25) is 5.91 Å². The van der Waals surface area contributed by atoms with Crippen LogP contribution >= 0.6 is 38.9 Å². The highest BCUT2D eigenvalue weighted by Gasteiger charge is 2.11. The highest BCUT2D eigenvalue weighted by Crippen LogP contribution is 2.26. The SMILES string of the molecule is CS(=O)(=O)c1ccc(Cl)c(NC(=O)C=Cc2ccc(Br)s2)c1. The summed E-state index contributed by atoms with van der Waals surface area (Å²) < 4.78 is 24.0. The van der Waals surface area contributed by atoms with Gasteiger partial charge in [0.15, 0.2) is 9.84 Å². The van der Waals surface area contributed by atoms with Crippen LogP contribution in [-0.2, 0) is 14.6 Å². The summed E-state index contributed by atoms with van der Waals surface area (Å²) in [6, 6.07) is 7.93. The Bertz CT molecular complexity index is 844. The minimum atomic E-state index is -3.36. The van der Waals surface area contributed by atoms with Gasteiger partial charge in [0.1, 0.15) is 0 Å². The Morgan fingerprint density at radius 3 is 2.64 bits per heavy atom. The van der Waals surface area contributed by atoms with Gasteiger partial charge in [0, 0.05) is 17.2 Å². The van der Waals surface area contributed by atoms with Crippen molar-refractivity contribution in [1.29, 1.82) is 0 Å². The number of amides is 1. The van der Waals surface area contributed by atoms with Gasteiger partial charge >= 0.3 is 0 Å². The van der Waals surface area contributed by atoms with E-state index in [0.717, 1.165) is 14.9 Å². The maximum atomic E-state index is 11.9. The molecule has 116 valence electrons. The van der Waals surface area contributed by atoms with E-state index < -0.39 is 15.7 Å². The molecule has 4 nitrogen and oxygen atoms in total. The second-order valence-corrected chi connectivity index (χ2v) is 9.30. The summed E-state index contributed by atoms with van der Waals surface area (Å²) in [5.41, 5.74) is 0.256. The second kappa shape index (κ2) is 6.95. The van der Waals surface area contributed by atoms with Crippen LogP contribution in [0.5, 0.6) is 0 Å². The summed E-state index contributed by atoms with van der Waals surface area (Å²) in [4.78, 5) is 12.9. The third-order valence-corrected chi connectivity index (χ3v) is 5.65. The van der Waals surface area contributed by atoms with Gasteiger partial charge in [-0.1, -0.05) is 11.6 Å². The van der Waals surface area contributed by atoms with E-state index in [1.807, 2.05) is 12.1 Å². The first-order chi connectivity index (χ1) is 10.3. The lowest BCUT2D eigenvalue weighted by Gasteiger charge is -2.07. The highest BCUT2D eigenvalue weighted by atomic mass is 79.9. The molecule has 1 N–H and O–H groups in total. The standard InChI is InChI=1S/C14H11BrClNO3S2/c1-22(19,20)10-4-5-11(16)12(8-10)17-14(18)7-3-9-2-6-13(15)21-9/h2-8H,1H3,(H,17,18). The molecule has 2 aromatic rings. The monoisotopic (exact) mass is 419 g/mol. The van der Waals surface area contributed by atoms with E-state index in [0.29, 0.717) is 0 Å². The normalized spacial score (nSPS) is 11.8. The van der Waals surface area contributed by atoms with Crippen LogP contribution in [0.1, 0.15) is 4.88 Å². The van der Waals surface area contributed by atoms with Crippen molar-refractivity contribution in [3.8, 4) is 0 Å². The third-order valence-electron chi connectivity index (χ3n) is 2.62. The molecule has 1 heterocycles. The molecule has 0 aliphatic rings. The van der Waals surface area contributed by atoms with Crippen molar-refractivity contribution in [2.24, 2.45) is 0 Å². The first-order valence-corrected chi connectivity index (χ1v) is 9.87. The van der Waals surface area contributed by atoms with Crippen LogP contribution in [0.15, 0.2) is 45.1 Å². The number of sulfone groups is 1. The van der Waals surface area contributed by atoms with Crippen LogP contribution in [0.3, 0.4) is 0 Å². The molecule has 2 rings (SSSR count). The number of hydrogen-bond acceptors (Lipinski definition) is 4. The first-order valence-electron chi connectivity index (χ1n) is 6.00. The van der Waals surface area contributed by atoms with Gasteiger partial charge < -0.3 is 5.32 Å². The van der Waals surface area contributed by atoms with Gasteiger partial charge in [0.25, 0.3) is 0 Å². The van der Waals surface area contributed by atoms with Crippen molar-refractivity contribution >= 4 is 66.4 Å². The quantitative estimate of drug-likeness (QED) is 0.753. The number of nitrogens with one attached hydrogen (secondary N) is 1. The van der Waals surface area contributed by atoms with E-state index in [1.54, 1.807) is 6.08 Å². The fourth-order valence-electron chi connectivity index (χ4n) is 1.58. The largest absolute Gasteiger partial charge is 0.321 e. The highest BCUT2D eigenvalue weighted by molar-refractivity contribution is 9.11. The number of carbonyl (C=O) groups is 1. The molecule has 8 heteroatoms. The van der Waals surface area contributed by atoms with Crippen molar-refractivity contribution in [2.45, 2.75) is 4.90 Å². The van der Waals surface area contributed by atoms with Crippen LogP contribution < -0.4 is 5.32 Å². The van der Waals surface area contributed by atoms with Crippen molar-refractivity contribution in [1.82, 2.24) is 0 Å². The van der Waals surface area contributed by atoms with E-state index in [1.165, 1.54) is 35.6 Å². The predicted octanol–water partition coefficient (Wildman–Crippen LogP) is 4.22. The van der Waals surface area contributed by atoms with E-state index in [9.17, 15) is 13.2 Å². The van der Waals surface area contributed by atoms with Crippen molar-refractivity contribution in [3.63, 3.8) is 0 Å². The Morgan fingerprint density at radius 1 is 1.32 bits per heavy atom. The third kappa shape index (κ3) is 4.67. The predicted molar refractivity (Wildman–Crippen MR) is 94.2 cm³/mol. The Kier molecular flexibility index (Phi) is 5.44. The van der Waals surface area contributed by atoms with E-state index in [4.69, 9.17) is 11.6 Å². The van der Waals surface area contributed by atoms with Gasteiger partial charge in [-0.15, -0.1) is 11.3 Å². The lowest BCUT2D eigenvalue weighted by atomic mass is 10.3. The lowest BCUT2D eigenvalue weighted by molar-refractivity contribution is -0.111. The average Bonchev–Trinajstić information content (AvgIpc) is 2.83. The fourth-order valence-corrected chi connectivity index (χ4v) is 3.72. The summed E-state index contributed by atoms with van der Waals surface area (Å²) in [6.45, 7) is 0. The lowest BCUT2D eigenvalue weighted by Crippen LogP contribution is -2.09. The molecule has 0 atom stereocenters. The number of thiophene rings is 1. The van der Waals surface area contributed by atoms with Crippen LogP contribution in [0, 0.1) is 0 Å². The molecule has 0 radical (unpaired) electrons. The van der Waals surface area contributed by atoms with E-state index in [2.05, 4.69) is 21.2 Å². The van der Waals surface area contributed by atoms with Crippen molar-refractivity contribution < 1.29 is 13.2 Å². The minimum Gasteiger partial charge on any atom is -0.321 e. The molecule has 0 aliphatic carbocycles. The topological polar surface area (TPSA) is 63.2 Å². The molecule has 0 saturated carbocycles. The van der Waals surface area contributed by atoms with Gasteiger partial charge in [-0.25, -0.2) is 8.42 Å². The maximum absolute atomic E-state index is 11.9. The zero-order valence-electron chi connectivity index (χ0n) is 11.3. The summed E-state index contributed by atoms with van der Waals surface area (Å²) in [5, 5.41) is 2.84. The summed E-state index contributed by atoms with van der Waals surface area (Å²) in [6.07, 6.45) is 4.12. The Labute approximate surface area is 145 Å². The van der Waals surface area contributed by atoms with Gasteiger partial charge in [-0.3, -0.25) is 4.79 Å². The second-order valence-electron chi connectivity index (χ2n) is 4.38. The number of rotatable bonds is 4. The Morgan fingerprint density at radius 2 is 2.05 bits per heavy atom. The maximum Gasteiger partial charge on any atom is 0.248 e. The number of hydrogen-bond donors (Lipinski definition) is 1. The van der Waals surface area contributed by atoms with Gasteiger partial charge in [-0.2, -0.15) is 0 Å². The average molecular weight is 421 g/mol. The van der Waals surface area contributed by atoms with Crippen LogP contribution in [0.25, 0.3) is 6.08 Å². The zero-order valence-corrected chi connectivity index (χ0v) is 15.3. The number of anilines is 1. The fraction of sp³-hybridized carbons (Fsp3) is 0.0714. The van der Waals surface area contributed by atoms with Crippen LogP contribution in [0.4, 0.5) is 5.69 Å². The molecule has 0 unspecified atom stereocenters. The van der Waals surface area contributed by atoms with Crippen LogP contribution in [0.2, 0.25) is 5.02 Å². The molecule has 0 fully saturated rings. The van der Waals surface area contributed by atoms with Crippen LogP contribution in [-0.4, -0.2) is 20.6 Å². The van der Waals surface area contributed by atoms with Crippen molar-refractivity contribution in [3.05, 3.63) is 50.1 Å². The number of benzene rings is 1. The van der Waals surface area contributed by atoms with E-state index >= 15 is 0 Å². The molecule has 1 aromatic carbocycles. The summed E-state index contributed by atoms with van der Waals surface area (Å²) >= 11 is 10.8.